The molecule has 1 heterocycles. The molecule has 100 valence electrons. The highest BCUT2D eigenvalue weighted by molar-refractivity contribution is 5.36. The van der Waals surface area contributed by atoms with Crippen molar-refractivity contribution in [1.82, 2.24) is 9.55 Å². The molecule has 1 N–H and O–H groups in total. The van der Waals surface area contributed by atoms with Gasteiger partial charge in [-0.05, 0) is 31.6 Å². The summed E-state index contributed by atoms with van der Waals surface area (Å²) in [5.41, 5.74) is 0.120. The lowest BCUT2D eigenvalue weighted by molar-refractivity contribution is 0.268. The van der Waals surface area contributed by atoms with E-state index in [-0.39, 0.29) is 11.1 Å². The van der Waals surface area contributed by atoms with Crippen molar-refractivity contribution >= 4 is 5.82 Å². The van der Waals surface area contributed by atoms with Crippen LogP contribution in [0, 0.1) is 5.92 Å². The summed E-state index contributed by atoms with van der Waals surface area (Å²) in [6, 6.07) is 0. The molecule has 0 unspecified atom stereocenters. The lowest BCUT2D eigenvalue weighted by Gasteiger charge is -2.42. The van der Waals surface area contributed by atoms with Crippen molar-refractivity contribution in [3.8, 4) is 0 Å². The van der Waals surface area contributed by atoms with Gasteiger partial charge in [0.05, 0.1) is 0 Å². The fourth-order valence-electron chi connectivity index (χ4n) is 2.49. The molecule has 2 rings (SSSR count). The standard InChI is InChI=1S/C14H23N3O/c1-4-14(6-5-7-14)16-12-13(18)17(9-8-15-12)10-11(2)3/h8-9,11H,4-7,10H2,1-3H3,(H,15,16). The van der Waals surface area contributed by atoms with E-state index >= 15 is 0 Å². The zero-order valence-electron chi connectivity index (χ0n) is 11.6. The molecule has 4 heteroatoms. The van der Waals surface area contributed by atoms with Crippen LogP contribution in [0.5, 0.6) is 0 Å². The van der Waals surface area contributed by atoms with Gasteiger partial charge in [-0.1, -0.05) is 20.8 Å². The first kappa shape index (κ1) is 13.1. The number of anilines is 1. The monoisotopic (exact) mass is 249 g/mol. The number of rotatable bonds is 5. The van der Waals surface area contributed by atoms with Gasteiger partial charge in [-0.3, -0.25) is 4.79 Å². The molecule has 0 aromatic carbocycles. The van der Waals surface area contributed by atoms with E-state index in [4.69, 9.17) is 0 Å². The van der Waals surface area contributed by atoms with E-state index in [0.717, 1.165) is 25.8 Å². The quantitative estimate of drug-likeness (QED) is 0.872. The first-order chi connectivity index (χ1) is 8.56. The lowest BCUT2D eigenvalue weighted by Crippen LogP contribution is -2.46. The summed E-state index contributed by atoms with van der Waals surface area (Å²) >= 11 is 0. The summed E-state index contributed by atoms with van der Waals surface area (Å²) in [7, 11) is 0. The van der Waals surface area contributed by atoms with Crippen LogP contribution in [0.3, 0.4) is 0 Å². The summed E-state index contributed by atoms with van der Waals surface area (Å²) in [5.74, 6) is 0.974. The highest BCUT2D eigenvalue weighted by atomic mass is 16.1. The van der Waals surface area contributed by atoms with Gasteiger partial charge in [0.25, 0.3) is 5.56 Å². The van der Waals surface area contributed by atoms with Crippen LogP contribution in [0.25, 0.3) is 0 Å². The molecule has 4 nitrogen and oxygen atoms in total. The van der Waals surface area contributed by atoms with Crippen molar-refractivity contribution in [2.45, 2.75) is 58.5 Å². The predicted molar refractivity (Wildman–Crippen MR) is 73.8 cm³/mol. The molecule has 0 bridgehead atoms. The maximum atomic E-state index is 12.3. The van der Waals surface area contributed by atoms with Crippen molar-refractivity contribution in [2.75, 3.05) is 5.32 Å². The van der Waals surface area contributed by atoms with Crippen molar-refractivity contribution in [1.29, 1.82) is 0 Å². The third-order valence-corrected chi connectivity index (χ3v) is 3.85. The van der Waals surface area contributed by atoms with E-state index in [0.29, 0.717) is 11.7 Å². The highest BCUT2D eigenvalue weighted by Gasteiger charge is 2.35. The van der Waals surface area contributed by atoms with E-state index in [1.54, 1.807) is 17.0 Å². The van der Waals surface area contributed by atoms with Crippen LogP contribution in [0.2, 0.25) is 0 Å². The predicted octanol–water partition coefficient (Wildman–Crippen LogP) is 2.64. The molecule has 0 spiro atoms. The molecule has 0 atom stereocenters. The molecule has 1 aromatic heterocycles. The molecule has 0 aliphatic heterocycles. The minimum Gasteiger partial charge on any atom is -0.360 e. The van der Waals surface area contributed by atoms with E-state index in [9.17, 15) is 4.79 Å². The fraction of sp³-hybridized carbons (Fsp3) is 0.714. The zero-order chi connectivity index (χ0) is 13.2. The second kappa shape index (κ2) is 5.12. The Labute approximate surface area is 108 Å². The van der Waals surface area contributed by atoms with Gasteiger partial charge in [0.15, 0.2) is 5.82 Å². The van der Waals surface area contributed by atoms with Gasteiger partial charge in [0.2, 0.25) is 0 Å². The van der Waals surface area contributed by atoms with E-state index in [1.165, 1.54) is 6.42 Å². The summed E-state index contributed by atoms with van der Waals surface area (Å²) in [4.78, 5) is 16.5. The van der Waals surface area contributed by atoms with Gasteiger partial charge in [0, 0.05) is 24.5 Å². The third-order valence-electron chi connectivity index (χ3n) is 3.85. The van der Waals surface area contributed by atoms with Gasteiger partial charge in [-0.15, -0.1) is 0 Å². The second-order valence-corrected chi connectivity index (χ2v) is 5.74. The van der Waals surface area contributed by atoms with Crippen LogP contribution in [0.15, 0.2) is 17.2 Å². The maximum Gasteiger partial charge on any atom is 0.293 e. The van der Waals surface area contributed by atoms with Gasteiger partial charge in [-0.25, -0.2) is 4.98 Å². The van der Waals surface area contributed by atoms with Gasteiger partial charge in [-0.2, -0.15) is 0 Å². The van der Waals surface area contributed by atoms with Crippen LogP contribution in [0.4, 0.5) is 5.82 Å². The molecular formula is C14H23N3O. The maximum absolute atomic E-state index is 12.3. The van der Waals surface area contributed by atoms with Crippen molar-refractivity contribution in [3.63, 3.8) is 0 Å². The number of hydrogen-bond acceptors (Lipinski definition) is 3. The number of nitrogens with zero attached hydrogens (tertiary/aromatic N) is 2. The average molecular weight is 249 g/mol. The molecule has 1 aliphatic carbocycles. The van der Waals surface area contributed by atoms with Crippen molar-refractivity contribution in [3.05, 3.63) is 22.7 Å². The molecule has 0 amide bonds. The Kier molecular flexibility index (Phi) is 3.73. The number of nitrogens with one attached hydrogen (secondary N) is 1. The normalized spacial score (nSPS) is 17.6. The molecule has 1 aromatic rings. The van der Waals surface area contributed by atoms with Crippen LogP contribution < -0.4 is 10.9 Å². The van der Waals surface area contributed by atoms with E-state index in [1.807, 2.05) is 0 Å². The molecule has 18 heavy (non-hydrogen) atoms. The number of aromatic nitrogens is 2. The molecule has 1 saturated carbocycles. The summed E-state index contributed by atoms with van der Waals surface area (Å²) in [6.45, 7) is 7.13. The third kappa shape index (κ3) is 2.57. The van der Waals surface area contributed by atoms with Gasteiger partial charge in [0.1, 0.15) is 0 Å². The minimum absolute atomic E-state index is 0.00549. The van der Waals surface area contributed by atoms with Gasteiger partial charge >= 0.3 is 0 Å². The Bertz CT molecular complexity index is 455. The minimum atomic E-state index is 0.00549. The Morgan fingerprint density at radius 2 is 2.22 bits per heavy atom. The SMILES string of the molecule is CCC1(Nc2nccn(CC(C)C)c2=O)CCC1. The van der Waals surface area contributed by atoms with Crippen LogP contribution in [-0.2, 0) is 6.54 Å². The topological polar surface area (TPSA) is 46.9 Å². The first-order valence-electron chi connectivity index (χ1n) is 6.90. The molecule has 0 radical (unpaired) electrons. The van der Waals surface area contributed by atoms with Crippen LogP contribution in [-0.4, -0.2) is 15.1 Å². The van der Waals surface area contributed by atoms with Gasteiger partial charge < -0.3 is 9.88 Å². The first-order valence-corrected chi connectivity index (χ1v) is 6.90. The summed E-state index contributed by atoms with van der Waals surface area (Å²) in [5, 5.41) is 3.38. The Morgan fingerprint density at radius 3 is 2.72 bits per heavy atom. The van der Waals surface area contributed by atoms with Crippen LogP contribution >= 0.6 is 0 Å². The van der Waals surface area contributed by atoms with E-state index < -0.39 is 0 Å². The number of hydrogen-bond donors (Lipinski definition) is 1. The average Bonchev–Trinajstić information content (AvgIpc) is 2.27. The fourth-order valence-corrected chi connectivity index (χ4v) is 2.49. The molecule has 0 saturated heterocycles. The van der Waals surface area contributed by atoms with Crippen LogP contribution in [0.1, 0.15) is 46.5 Å². The largest absolute Gasteiger partial charge is 0.360 e. The second-order valence-electron chi connectivity index (χ2n) is 5.74. The Morgan fingerprint density at radius 1 is 1.50 bits per heavy atom. The summed E-state index contributed by atoms with van der Waals surface area (Å²) in [6.07, 6.45) is 8.06. The molecule has 1 fully saturated rings. The smallest absolute Gasteiger partial charge is 0.293 e. The lowest BCUT2D eigenvalue weighted by atomic mass is 9.75. The highest BCUT2D eigenvalue weighted by Crippen LogP contribution is 2.36. The Balaban J connectivity index is 2.21. The Hall–Kier alpha value is -1.32. The molecule has 1 aliphatic rings. The molecular weight excluding hydrogens is 226 g/mol. The van der Waals surface area contributed by atoms with Crippen molar-refractivity contribution < 1.29 is 0 Å². The zero-order valence-corrected chi connectivity index (χ0v) is 11.6. The van der Waals surface area contributed by atoms with E-state index in [2.05, 4.69) is 31.1 Å². The van der Waals surface area contributed by atoms with Crippen molar-refractivity contribution in [2.24, 2.45) is 5.92 Å². The summed E-state index contributed by atoms with van der Waals surface area (Å²) < 4.78 is 1.75.